The molecule has 0 atom stereocenters. The Kier molecular flexibility index (Phi) is 5.58. The molecule has 0 radical (unpaired) electrons. The van der Waals surface area contributed by atoms with Crippen molar-refractivity contribution in [2.24, 2.45) is 0 Å². The summed E-state index contributed by atoms with van der Waals surface area (Å²) in [6, 6.07) is 20.1. The Morgan fingerprint density at radius 2 is 1.71 bits per heavy atom. The molecule has 0 aliphatic carbocycles. The summed E-state index contributed by atoms with van der Waals surface area (Å²) in [5, 5.41) is 8.61. The van der Waals surface area contributed by atoms with Gasteiger partial charge in [0.1, 0.15) is 5.69 Å². The van der Waals surface area contributed by atoms with Gasteiger partial charge in [0.2, 0.25) is 0 Å². The van der Waals surface area contributed by atoms with Gasteiger partial charge in [-0.2, -0.15) is 0 Å². The number of benzene rings is 2. The number of aromatic nitrogens is 1. The number of carbonyl (C=O) groups is 1. The molecule has 1 amide bonds. The van der Waals surface area contributed by atoms with Gasteiger partial charge in [0.25, 0.3) is 5.91 Å². The second-order valence-electron chi connectivity index (χ2n) is 5.37. The Balaban J connectivity index is 1.45. The molecule has 0 saturated heterocycles. The van der Waals surface area contributed by atoms with Crippen LogP contribution in [0.4, 0.5) is 10.8 Å². The number of rotatable bonds is 7. The number of carbonyl (C=O) groups excluding carboxylic acids is 1. The third-order valence-electron chi connectivity index (χ3n) is 3.53. The predicted octanol–water partition coefficient (Wildman–Crippen LogP) is 4.25. The topological polar surface area (TPSA) is 54.0 Å². The zero-order valence-corrected chi connectivity index (χ0v) is 14.1. The van der Waals surface area contributed by atoms with Gasteiger partial charge in [-0.1, -0.05) is 48.5 Å². The lowest BCUT2D eigenvalue weighted by Crippen LogP contribution is -2.25. The Hall–Kier alpha value is -2.66. The van der Waals surface area contributed by atoms with Crippen molar-refractivity contribution < 1.29 is 4.79 Å². The fourth-order valence-electron chi connectivity index (χ4n) is 2.31. The summed E-state index contributed by atoms with van der Waals surface area (Å²) < 4.78 is 0. The van der Waals surface area contributed by atoms with E-state index in [0.717, 1.165) is 23.7 Å². The van der Waals surface area contributed by atoms with E-state index in [1.54, 1.807) is 5.38 Å². The summed E-state index contributed by atoms with van der Waals surface area (Å²) in [4.78, 5) is 16.5. The summed E-state index contributed by atoms with van der Waals surface area (Å²) in [6.07, 6.45) is 1.87. The fourth-order valence-corrected chi connectivity index (χ4v) is 3.02. The molecule has 1 aromatic heterocycles. The molecule has 0 bridgehead atoms. The molecule has 0 unspecified atom stereocenters. The molecule has 2 aromatic carbocycles. The maximum Gasteiger partial charge on any atom is 0.270 e. The summed E-state index contributed by atoms with van der Waals surface area (Å²) in [5.41, 5.74) is 2.70. The minimum atomic E-state index is -0.125. The van der Waals surface area contributed by atoms with Crippen LogP contribution in [0.1, 0.15) is 22.5 Å². The largest absolute Gasteiger partial charge is 0.351 e. The molecule has 3 rings (SSSR count). The third kappa shape index (κ3) is 4.67. The smallest absolute Gasteiger partial charge is 0.270 e. The first-order chi connectivity index (χ1) is 11.8. The van der Waals surface area contributed by atoms with E-state index in [1.165, 1.54) is 16.9 Å². The molecule has 0 fully saturated rings. The van der Waals surface area contributed by atoms with E-state index in [-0.39, 0.29) is 5.91 Å². The summed E-state index contributed by atoms with van der Waals surface area (Å²) in [6.45, 7) is 0.646. The van der Waals surface area contributed by atoms with Gasteiger partial charge < -0.3 is 10.6 Å². The first-order valence-corrected chi connectivity index (χ1v) is 8.79. The fraction of sp³-hybridized carbons (Fsp3) is 0.158. The minimum absolute atomic E-state index is 0.125. The summed E-state index contributed by atoms with van der Waals surface area (Å²) in [7, 11) is 0. The predicted molar refractivity (Wildman–Crippen MR) is 98.9 cm³/mol. The van der Waals surface area contributed by atoms with Crippen LogP contribution in [-0.2, 0) is 6.42 Å². The first-order valence-electron chi connectivity index (χ1n) is 7.91. The van der Waals surface area contributed by atoms with Crippen LogP contribution in [0.15, 0.2) is 66.0 Å². The van der Waals surface area contributed by atoms with Crippen LogP contribution in [-0.4, -0.2) is 17.4 Å². The Morgan fingerprint density at radius 1 is 1.00 bits per heavy atom. The molecule has 3 aromatic rings. The van der Waals surface area contributed by atoms with Crippen molar-refractivity contribution in [3.05, 3.63) is 77.3 Å². The van der Waals surface area contributed by atoms with Gasteiger partial charge in [-0.25, -0.2) is 4.98 Å². The van der Waals surface area contributed by atoms with Crippen molar-refractivity contribution in [3.63, 3.8) is 0 Å². The average Bonchev–Trinajstić information content (AvgIpc) is 3.09. The van der Waals surface area contributed by atoms with Crippen molar-refractivity contribution in [1.82, 2.24) is 10.3 Å². The first kappa shape index (κ1) is 16.2. The van der Waals surface area contributed by atoms with E-state index in [4.69, 9.17) is 0 Å². The van der Waals surface area contributed by atoms with Crippen molar-refractivity contribution in [3.8, 4) is 0 Å². The molecule has 5 heteroatoms. The van der Waals surface area contributed by atoms with E-state index in [9.17, 15) is 4.79 Å². The molecular weight excluding hydrogens is 318 g/mol. The molecule has 0 aliphatic heterocycles. The highest BCUT2D eigenvalue weighted by molar-refractivity contribution is 7.14. The number of aryl methyl sites for hydroxylation is 1. The highest BCUT2D eigenvalue weighted by Gasteiger charge is 2.10. The number of anilines is 2. The van der Waals surface area contributed by atoms with Gasteiger partial charge in [-0.3, -0.25) is 4.79 Å². The number of hydrogen-bond donors (Lipinski definition) is 2. The molecule has 1 heterocycles. The highest BCUT2D eigenvalue weighted by Crippen LogP contribution is 2.20. The van der Waals surface area contributed by atoms with Crippen molar-refractivity contribution in [1.29, 1.82) is 0 Å². The third-order valence-corrected chi connectivity index (χ3v) is 4.29. The van der Waals surface area contributed by atoms with Crippen LogP contribution in [0, 0.1) is 0 Å². The van der Waals surface area contributed by atoms with E-state index in [0.29, 0.717) is 12.2 Å². The Labute approximate surface area is 145 Å². The molecule has 0 saturated carbocycles. The lowest BCUT2D eigenvalue weighted by Gasteiger charge is -2.04. The van der Waals surface area contributed by atoms with Gasteiger partial charge >= 0.3 is 0 Å². The number of thiazole rings is 1. The van der Waals surface area contributed by atoms with Crippen LogP contribution >= 0.6 is 11.3 Å². The second kappa shape index (κ2) is 8.26. The number of para-hydroxylation sites is 1. The number of hydrogen-bond acceptors (Lipinski definition) is 4. The van der Waals surface area contributed by atoms with Crippen molar-refractivity contribution in [2.75, 3.05) is 11.9 Å². The van der Waals surface area contributed by atoms with Gasteiger partial charge in [0.15, 0.2) is 5.13 Å². The molecular formula is C19H19N3OS. The van der Waals surface area contributed by atoms with Crippen molar-refractivity contribution in [2.45, 2.75) is 12.8 Å². The summed E-state index contributed by atoms with van der Waals surface area (Å²) >= 11 is 1.43. The zero-order valence-electron chi connectivity index (χ0n) is 13.2. The van der Waals surface area contributed by atoms with Gasteiger partial charge in [-0.15, -0.1) is 11.3 Å². The number of nitrogens with one attached hydrogen (secondary N) is 2. The van der Waals surface area contributed by atoms with Crippen LogP contribution in [0.5, 0.6) is 0 Å². The van der Waals surface area contributed by atoms with E-state index < -0.39 is 0 Å². The Morgan fingerprint density at radius 3 is 2.46 bits per heavy atom. The summed E-state index contributed by atoms with van der Waals surface area (Å²) in [5.74, 6) is -0.125. The van der Waals surface area contributed by atoms with Gasteiger partial charge in [-0.05, 0) is 30.5 Å². The lowest BCUT2D eigenvalue weighted by molar-refractivity contribution is 0.0949. The molecule has 122 valence electrons. The SMILES string of the molecule is O=C(NCCCc1ccccc1)c1csc(Nc2ccccc2)n1. The normalized spacial score (nSPS) is 10.3. The van der Waals surface area contributed by atoms with Gasteiger partial charge in [0, 0.05) is 17.6 Å². The maximum absolute atomic E-state index is 12.1. The van der Waals surface area contributed by atoms with Gasteiger partial charge in [0.05, 0.1) is 0 Å². The van der Waals surface area contributed by atoms with Crippen LogP contribution in [0.2, 0.25) is 0 Å². The minimum Gasteiger partial charge on any atom is -0.351 e. The molecule has 2 N–H and O–H groups in total. The number of amides is 1. The molecule has 0 spiro atoms. The molecule has 4 nitrogen and oxygen atoms in total. The zero-order chi connectivity index (χ0) is 16.6. The van der Waals surface area contributed by atoms with Crippen molar-refractivity contribution >= 4 is 28.1 Å². The quantitative estimate of drug-likeness (QED) is 0.634. The standard InChI is InChI=1S/C19H19N3OS/c23-18(20-13-7-10-15-8-3-1-4-9-15)17-14-24-19(22-17)21-16-11-5-2-6-12-16/h1-6,8-9,11-12,14H,7,10,13H2,(H,20,23)(H,21,22). The van der Waals surface area contributed by atoms with E-state index in [2.05, 4.69) is 27.8 Å². The van der Waals surface area contributed by atoms with Crippen LogP contribution in [0.25, 0.3) is 0 Å². The highest BCUT2D eigenvalue weighted by atomic mass is 32.1. The van der Waals surface area contributed by atoms with E-state index >= 15 is 0 Å². The monoisotopic (exact) mass is 337 g/mol. The lowest BCUT2D eigenvalue weighted by atomic mass is 10.1. The Bertz CT molecular complexity index is 772. The second-order valence-corrected chi connectivity index (χ2v) is 6.23. The number of nitrogens with zero attached hydrogens (tertiary/aromatic N) is 1. The molecule has 0 aliphatic rings. The maximum atomic E-state index is 12.1. The average molecular weight is 337 g/mol. The van der Waals surface area contributed by atoms with Crippen LogP contribution in [0.3, 0.4) is 0 Å². The van der Waals surface area contributed by atoms with E-state index in [1.807, 2.05) is 48.5 Å². The van der Waals surface area contributed by atoms with Crippen LogP contribution < -0.4 is 10.6 Å². The molecule has 24 heavy (non-hydrogen) atoms.